The molecule has 2 aromatic rings. The summed E-state index contributed by atoms with van der Waals surface area (Å²) in [6, 6.07) is 6.30. The Morgan fingerprint density at radius 1 is 1.40 bits per heavy atom. The maximum absolute atomic E-state index is 6.19. The third-order valence-corrected chi connectivity index (χ3v) is 4.54. The third kappa shape index (κ3) is 2.99. The van der Waals surface area contributed by atoms with E-state index in [9.17, 15) is 0 Å². The molecule has 0 spiro atoms. The fourth-order valence-electron chi connectivity index (χ4n) is 2.65. The maximum Gasteiger partial charge on any atom is 0.125 e. The van der Waals surface area contributed by atoms with E-state index in [4.69, 9.17) is 22.2 Å². The Balaban J connectivity index is 1.79. The van der Waals surface area contributed by atoms with Gasteiger partial charge in [-0.25, -0.2) is 0 Å². The lowest BCUT2D eigenvalue weighted by Gasteiger charge is -2.17. The van der Waals surface area contributed by atoms with Gasteiger partial charge in [0.15, 0.2) is 0 Å². The maximum atomic E-state index is 6.19. The lowest BCUT2D eigenvalue weighted by Crippen LogP contribution is -2.38. The summed E-state index contributed by atoms with van der Waals surface area (Å²) in [6.07, 6.45) is 2.66. The number of halogens is 1. The van der Waals surface area contributed by atoms with Gasteiger partial charge >= 0.3 is 0 Å². The van der Waals surface area contributed by atoms with E-state index >= 15 is 0 Å². The Bertz CT molecular complexity index is 586. The molecule has 3 nitrogen and oxygen atoms in total. The highest BCUT2D eigenvalue weighted by Gasteiger charge is 2.20. The number of ether oxygens (including phenoxy) is 1. The Morgan fingerprint density at radius 3 is 3.05 bits per heavy atom. The van der Waals surface area contributed by atoms with Gasteiger partial charge in [0, 0.05) is 17.5 Å². The van der Waals surface area contributed by atoms with Crippen LogP contribution in [0, 0.1) is 0 Å². The summed E-state index contributed by atoms with van der Waals surface area (Å²) in [5.41, 5.74) is 6.56. The molecule has 0 aliphatic carbocycles. The number of fused-ring (bicyclic) bond motifs is 1. The number of nitrogens with one attached hydrogen (secondary N) is 1. The van der Waals surface area contributed by atoms with Gasteiger partial charge in [0.25, 0.3) is 0 Å². The predicted molar refractivity (Wildman–Crippen MR) is 83.5 cm³/mol. The first-order chi connectivity index (χ1) is 9.76. The smallest absolute Gasteiger partial charge is 0.125 e. The van der Waals surface area contributed by atoms with Crippen LogP contribution >= 0.6 is 22.9 Å². The van der Waals surface area contributed by atoms with Crippen LogP contribution < -0.4 is 16.0 Å². The molecule has 0 fully saturated rings. The first-order valence-corrected chi connectivity index (χ1v) is 7.99. The van der Waals surface area contributed by atoms with Crippen molar-refractivity contribution >= 4 is 22.9 Å². The zero-order valence-corrected chi connectivity index (χ0v) is 12.6. The van der Waals surface area contributed by atoms with Crippen molar-refractivity contribution in [3.8, 4) is 5.75 Å². The monoisotopic (exact) mass is 308 g/mol. The molecule has 3 rings (SSSR count). The molecule has 0 saturated carbocycles. The topological polar surface area (TPSA) is 47.3 Å². The van der Waals surface area contributed by atoms with Crippen molar-refractivity contribution in [2.45, 2.75) is 25.3 Å². The normalized spacial score (nSPS) is 14.9. The molecule has 0 radical (unpaired) electrons. The highest BCUT2D eigenvalue weighted by Crippen LogP contribution is 2.33. The van der Waals surface area contributed by atoms with Crippen LogP contribution in [-0.2, 0) is 19.3 Å². The molecule has 0 saturated heterocycles. The molecule has 1 atom stereocenters. The molecule has 1 unspecified atom stereocenters. The fourth-order valence-corrected chi connectivity index (χ4v) is 3.59. The van der Waals surface area contributed by atoms with E-state index in [0.717, 1.165) is 42.2 Å². The van der Waals surface area contributed by atoms with E-state index in [-0.39, 0.29) is 6.04 Å². The first-order valence-electron chi connectivity index (χ1n) is 6.67. The second kappa shape index (κ2) is 6.14. The SMILES string of the molecule is NNC(Cc1ccsc1)Cc1cc(Cl)cc2c1OCC2. The molecule has 1 aromatic carbocycles. The van der Waals surface area contributed by atoms with Gasteiger partial charge in [-0.3, -0.25) is 11.3 Å². The molecule has 3 N–H and O–H groups in total. The van der Waals surface area contributed by atoms with Crippen molar-refractivity contribution < 1.29 is 4.74 Å². The number of thiophene rings is 1. The number of nitrogens with two attached hydrogens (primary N) is 1. The van der Waals surface area contributed by atoms with E-state index in [1.54, 1.807) is 11.3 Å². The average Bonchev–Trinajstić information content (AvgIpc) is 3.08. The van der Waals surface area contributed by atoms with Crippen molar-refractivity contribution in [3.05, 3.63) is 50.7 Å². The fraction of sp³-hybridized carbons (Fsp3) is 0.333. The highest BCUT2D eigenvalue weighted by atomic mass is 35.5. The number of hydrazine groups is 1. The highest BCUT2D eigenvalue weighted by molar-refractivity contribution is 7.07. The standard InChI is InChI=1S/C15H17ClN2OS/c16-13-6-11-1-3-19-15(11)12(7-13)8-14(18-17)5-10-2-4-20-9-10/h2,4,6-7,9,14,18H,1,3,5,8,17H2. The van der Waals surface area contributed by atoms with Gasteiger partial charge in [0.05, 0.1) is 6.61 Å². The largest absolute Gasteiger partial charge is 0.493 e. The Labute approximate surface area is 127 Å². The minimum Gasteiger partial charge on any atom is -0.493 e. The molecule has 0 amide bonds. The third-order valence-electron chi connectivity index (χ3n) is 3.59. The summed E-state index contributed by atoms with van der Waals surface area (Å²) >= 11 is 7.90. The van der Waals surface area contributed by atoms with Crippen LogP contribution in [0.25, 0.3) is 0 Å². The quantitative estimate of drug-likeness (QED) is 0.659. The summed E-state index contributed by atoms with van der Waals surface area (Å²) in [4.78, 5) is 0. The summed E-state index contributed by atoms with van der Waals surface area (Å²) in [5.74, 6) is 6.70. The molecule has 106 valence electrons. The summed E-state index contributed by atoms with van der Waals surface area (Å²) < 4.78 is 5.74. The summed E-state index contributed by atoms with van der Waals surface area (Å²) in [5, 5.41) is 5.02. The zero-order valence-electron chi connectivity index (χ0n) is 11.1. The van der Waals surface area contributed by atoms with Crippen molar-refractivity contribution in [1.29, 1.82) is 0 Å². The second-order valence-electron chi connectivity index (χ2n) is 5.06. The van der Waals surface area contributed by atoms with Crippen LogP contribution in [-0.4, -0.2) is 12.6 Å². The average molecular weight is 309 g/mol. The molecule has 5 heteroatoms. The summed E-state index contributed by atoms with van der Waals surface area (Å²) in [7, 11) is 0. The second-order valence-corrected chi connectivity index (χ2v) is 6.27. The molecule has 1 aromatic heterocycles. The van der Waals surface area contributed by atoms with Gasteiger partial charge in [-0.15, -0.1) is 0 Å². The van der Waals surface area contributed by atoms with E-state index in [2.05, 4.69) is 22.3 Å². The molecule has 0 bridgehead atoms. The van der Waals surface area contributed by atoms with E-state index in [0.29, 0.717) is 0 Å². The van der Waals surface area contributed by atoms with Crippen molar-refractivity contribution in [3.63, 3.8) is 0 Å². The molecule has 1 aliphatic heterocycles. The number of benzene rings is 1. The minimum absolute atomic E-state index is 0.177. The van der Waals surface area contributed by atoms with Crippen LogP contribution in [0.5, 0.6) is 5.75 Å². The molecule has 1 aliphatic rings. The van der Waals surface area contributed by atoms with Gasteiger partial charge in [-0.05, 0) is 58.5 Å². The number of hydrogen-bond acceptors (Lipinski definition) is 4. The van der Waals surface area contributed by atoms with Crippen molar-refractivity contribution in [2.24, 2.45) is 5.84 Å². The van der Waals surface area contributed by atoms with Crippen LogP contribution in [0.4, 0.5) is 0 Å². The van der Waals surface area contributed by atoms with Gasteiger partial charge in [-0.2, -0.15) is 11.3 Å². The molecule has 2 heterocycles. The van der Waals surface area contributed by atoms with Crippen molar-refractivity contribution in [2.75, 3.05) is 6.61 Å². The summed E-state index contributed by atoms with van der Waals surface area (Å²) in [6.45, 7) is 0.744. The lowest BCUT2D eigenvalue weighted by molar-refractivity contribution is 0.351. The Morgan fingerprint density at radius 2 is 2.30 bits per heavy atom. The predicted octanol–water partition coefficient (Wildman–Crippen LogP) is 2.95. The first kappa shape index (κ1) is 13.9. The van der Waals surface area contributed by atoms with E-state index in [1.807, 2.05) is 12.1 Å². The van der Waals surface area contributed by atoms with Crippen molar-refractivity contribution in [1.82, 2.24) is 5.43 Å². The molecular weight excluding hydrogens is 292 g/mol. The zero-order chi connectivity index (χ0) is 13.9. The van der Waals surface area contributed by atoms with E-state index < -0.39 is 0 Å². The Hall–Kier alpha value is -1.07. The van der Waals surface area contributed by atoms with E-state index in [1.165, 1.54) is 11.1 Å². The van der Waals surface area contributed by atoms with Gasteiger partial charge in [0.1, 0.15) is 5.75 Å². The van der Waals surface area contributed by atoms with Crippen LogP contribution in [0.15, 0.2) is 29.0 Å². The number of hydrogen-bond donors (Lipinski definition) is 2. The molecular formula is C15H17ClN2OS. The van der Waals surface area contributed by atoms with Crippen LogP contribution in [0.3, 0.4) is 0 Å². The van der Waals surface area contributed by atoms with Gasteiger partial charge in [-0.1, -0.05) is 11.6 Å². The molecule has 20 heavy (non-hydrogen) atoms. The lowest BCUT2D eigenvalue weighted by atomic mass is 9.98. The van der Waals surface area contributed by atoms with Gasteiger partial charge < -0.3 is 4.74 Å². The van der Waals surface area contributed by atoms with Gasteiger partial charge in [0.2, 0.25) is 0 Å². The van der Waals surface area contributed by atoms with Crippen LogP contribution in [0.1, 0.15) is 16.7 Å². The minimum atomic E-state index is 0.177. The van der Waals surface area contributed by atoms with Crippen LogP contribution in [0.2, 0.25) is 5.02 Å². The number of rotatable bonds is 5. The Kier molecular flexibility index (Phi) is 4.27.